The number of thiazole rings is 1. The van der Waals surface area contributed by atoms with Crippen LogP contribution in [0.15, 0.2) is 74.3 Å². The molecule has 0 amide bonds. The van der Waals surface area contributed by atoms with E-state index >= 15 is 0 Å². The van der Waals surface area contributed by atoms with Crippen molar-refractivity contribution in [2.75, 3.05) is 12.5 Å². The van der Waals surface area contributed by atoms with Crippen LogP contribution in [-0.2, 0) is 0 Å². The van der Waals surface area contributed by atoms with Crippen LogP contribution < -0.4 is 15.8 Å². The summed E-state index contributed by atoms with van der Waals surface area (Å²) in [5, 5.41) is 16.5. The third kappa shape index (κ3) is 3.85. The number of hydrogen-bond acceptors (Lipinski definition) is 8. The molecule has 2 aromatic carbocycles. The Hall–Kier alpha value is -3.96. The van der Waals surface area contributed by atoms with Crippen molar-refractivity contribution in [3.63, 3.8) is 0 Å². The number of nitrogens with one attached hydrogen (secondary N) is 1. The number of ether oxygens (including phenoxy) is 1. The van der Waals surface area contributed by atoms with Crippen LogP contribution in [0.25, 0.3) is 22.2 Å². The van der Waals surface area contributed by atoms with Crippen LogP contribution in [0.1, 0.15) is 5.01 Å². The van der Waals surface area contributed by atoms with Crippen LogP contribution >= 0.6 is 11.3 Å². The van der Waals surface area contributed by atoms with Crippen molar-refractivity contribution in [1.82, 2.24) is 4.98 Å². The highest BCUT2D eigenvalue weighted by atomic mass is 32.1. The lowest BCUT2D eigenvalue weighted by Gasteiger charge is -2.02. The first kappa shape index (κ1) is 18.4. The Morgan fingerprint density at radius 1 is 1.24 bits per heavy atom. The molecule has 4 aromatic rings. The minimum atomic E-state index is -0.479. The predicted octanol–water partition coefficient (Wildman–Crippen LogP) is 4.26. The molecule has 142 valence electrons. The van der Waals surface area contributed by atoms with E-state index in [1.54, 1.807) is 55.0 Å². The Balaban J connectivity index is 1.62. The van der Waals surface area contributed by atoms with Gasteiger partial charge in [0, 0.05) is 10.8 Å². The number of hydrazone groups is 1. The van der Waals surface area contributed by atoms with Gasteiger partial charge in [-0.25, -0.2) is 9.78 Å². The lowest BCUT2D eigenvalue weighted by molar-refractivity contribution is 0.415. The Bertz CT molecular complexity index is 1300. The lowest BCUT2D eigenvalue weighted by atomic mass is 10.1. The molecule has 29 heavy (non-hydrogen) atoms. The van der Waals surface area contributed by atoms with Crippen LogP contribution in [0.3, 0.4) is 0 Å². The molecule has 0 spiro atoms. The topological polar surface area (TPSA) is 101 Å². The molecular formula is C21H14N4O3S. The fraction of sp³-hybridized carbons (Fsp3) is 0.0476. The van der Waals surface area contributed by atoms with Gasteiger partial charge in [-0.1, -0.05) is 18.2 Å². The van der Waals surface area contributed by atoms with Gasteiger partial charge in [0.25, 0.3) is 0 Å². The van der Waals surface area contributed by atoms with E-state index in [1.807, 2.05) is 18.2 Å². The smallest absolute Gasteiger partial charge is 0.345 e. The van der Waals surface area contributed by atoms with Gasteiger partial charge in [0.2, 0.25) is 0 Å². The van der Waals surface area contributed by atoms with Crippen LogP contribution in [0.5, 0.6) is 5.75 Å². The fourth-order valence-corrected chi connectivity index (χ4v) is 3.41. The van der Waals surface area contributed by atoms with Crippen molar-refractivity contribution in [2.24, 2.45) is 5.10 Å². The van der Waals surface area contributed by atoms with E-state index in [9.17, 15) is 10.1 Å². The Labute approximate surface area is 169 Å². The number of fused-ring (bicyclic) bond motifs is 1. The summed E-state index contributed by atoms with van der Waals surface area (Å²) in [4.78, 5) is 16.7. The minimum absolute atomic E-state index is 0.113. The summed E-state index contributed by atoms with van der Waals surface area (Å²) >= 11 is 1.23. The lowest BCUT2D eigenvalue weighted by Crippen LogP contribution is -2.04. The molecule has 0 radical (unpaired) electrons. The molecule has 7 nitrogen and oxygen atoms in total. The zero-order valence-electron chi connectivity index (χ0n) is 15.2. The van der Waals surface area contributed by atoms with Crippen LogP contribution in [0.4, 0.5) is 5.69 Å². The first-order valence-electron chi connectivity index (χ1n) is 8.55. The molecule has 0 unspecified atom stereocenters. The molecule has 0 aliphatic carbocycles. The van der Waals surface area contributed by atoms with Crippen LogP contribution in [-0.4, -0.2) is 17.8 Å². The predicted molar refractivity (Wildman–Crippen MR) is 112 cm³/mol. The molecule has 0 aliphatic rings. The second-order valence-electron chi connectivity index (χ2n) is 5.94. The maximum Gasteiger partial charge on any atom is 0.345 e. The molecule has 2 aromatic heterocycles. The Morgan fingerprint density at radius 3 is 2.79 bits per heavy atom. The molecule has 0 aliphatic heterocycles. The molecule has 0 saturated heterocycles. The molecule has 0 saturated carbocycles. The summed E-state index contributed by atoms with van der Waals surface area (Å²) < 4.78 is 10.5. The van der Waals surface area contributed by atoms with Gasteiger partial charge in [-0.2, -0.15) is 10.4 Å². The van der Waals surface area contributed by atoms with Gasteiger partial charge in [-0.05, 0) is 36.4 Å². The average molecular weight is 402 g/mol. The van der Waals surface area contributed by atoms with E-state index in [-0.39, 0.29) is 5.71 Å². The van der Waals surface area contributed by atoms with Crippen molar-refractivity contribution < 1.29 is 9.15 Å². The average Bonchev–Trinajstić information content (AvgIpc) is 3.24. The Kier molecular flexibility index (Phi) is 5.05. The van der Waals surface area contributed by atoms with E-state index in [0.29, 0.717) is 27.5 Å². The number of nitrogens with zero attached hydrogens (tertiary/aromatic N) is 3. The highest BCUT2D eigenvalue weighted by molar-refractivity contribution is 7.12. The normalized spacial score (nSPS) is 11.2. The molecule has 1 N–H and O–H groups in total. The van der Waals surface area contributed by atoms with Gasteiger partial charge in [-0.3, -0.25) is 5.43 Å². The van der Waals surface area contributed by atoms with Gasteiger partial charge in [0.1, 0.15) is 17.4 Å². The quantitative estimate of drug-likeness (QED) is 0.304. The molecule has 0 fully saturated rings. The number of para-hydroxylation sites is 1. The standard InChI is InChI=1S/C21H14N4O3S/c1-27-15-8-6-14(7-9-15)24-25-17(11-22)20-23-18(12-29-20)16-10-13-4-2-3-5-19(13)28-21(16)26/h2-10,12,24H,1H3. The first-order valence-corrected chi connectivity index (χ1v) is 9.43. The molecule has 8 heteroatoms. The highest BCUT2D eigenvalue weighted by Gasteiger charge is 2.14. The summed E-state index contributed by atoms with van der Waals surface area (Å²) in [7, 11) is 1.59. The van der Waals surface area contributed by atoms with Gasteiger partial charge in [0.15, 0.2) is 10.7 Å². The van der Waals surface area contributed by atoms with E-state index < -0.39 is 5.63 Å². The van der Waals surface area contributed by atoms with Crippen molar-refractivity contribution in [3.05, 3.63) is 75.4 Å². The van der Waals surface area contributed by atoms with E-state index in [0.717, 1.165) is 11.1 Å². The second kappa shape index (κ2) is 7.96. The number of aromatic nitrogens is 1. The number of anilines is 1. The number of methoxy groups -OCH3 is 1. The molecule has 0 atom stereocenters. The summed E-state index contributed by atoms with van der Waals surface area (Å²) in [6.45, 7) is 0. The maximum atomic E-state index is 12.3. The maximum absolute atomic E-state index is 12.3. The largest absolute Gasteiger partial charge is 0.497 e. The van der Waals surface area contributed by atoms with Gasteiger partial charge in [-0.15, -0.1) is 11.3 Å². The van der Waals surface area contributed by atoms with Crippen molar-refractivity contribution in [2.45, 2.75) is 0 Å². The first-order chi connectivity index (χ1) is 14.2. The van der Waals surface area contributed by atoms with Gasteiger partial charge in [0.05, 0.1) is 24.1 Å². The second-order valence-corrected chi connectivity index (χ2v) is 6.79. The van der Waals surface area contributed by atoms with Crippen LogP contribution in [0, 0.1) is 11.3 Å². The minimum Gasteiger partial charge on any atom is -0.497 e. The number of benzene rings is 2. The summed E-state index contributed by atoms with van der Waals surface area (Å²) in [5.41, 5.74) is 4.45. The van der Waals surface area contributed by atoms with Gasteiger partial charge < -0.3 is 9.15 Å². The number of nitriles is 1. The third-order valence-corrected chi connectivity index (χ3v) is 4.97. The molecule has 2 heterocycles. The highest BCUT2D eigenvalue weighted by Crippen LogP contribution is 2.23. The summed E-state index contributed by atoms with van der Waals surface area (Å²) in [6, 6.07) is 18.2. The van der Waals surface area contributed by atoms with Gasteiger partial charge >= 0.3 is 5.63 Å². The molecular weight excluding hydrogens is 388 g/mol. The monoisotopic (exact) mass is 402 g/mol. The van der Waals surface area contributed by atoms with Crippen molar-refractivity contribution in [1.29, 1.82) is 5.26 Å². The molecule has 4 rings (SSSR count). The van der Waals surface area contributed by atoms with E-state index in [4.69, 9.17) is 9.15 Å². The van der Waals surface area contributed by atoms with Crippen molar-refractivity contribution >= 4 is 33.7 Å². The third-order valence-electron chi connectivity index (χ3n) is 4.12. The van der Waals surface area contributed by atoms with E-state index in [2.05, 4.69) is 15.5 Å². The summed E-state index contributed by atoms with van der Waals surface area (Å²) in [5.74, 6) is 0.721. The fourth-order valence-electron chi connectivity index (χ4n) is 2.65. The van der Waals surface area contributed by atoms with Crippen LogP contribution in [0.2, 0.25) is 0 Å². The number of rotatable bonds is 5. The summed E-state index contributed by atoms with van der Waals surface area (Å²) in [6.07, 6.45) is 0. The number of hydrogen-bond donors (Lipinski definition) is 1. The molecule has 0 bridgehead atoms. The SMILES string of the molecule is COc1ccc(NN=C(C#N)c2nc(-c3cc4ccccc4oc3=O)cs2)cc1. The zero-order chi connectivity index (χ0) is 20.2. The Morgan fingerprint density at radius 2 is 2.03 bits per heavy atom. The van der Waals surface area contributed by atoms with Crippen molar-refractivity contribution in [3.8, 4) is 23.1 Å². The zero-order valence-corrected chi connectivity index (χ0v) is 16.1. The van der Waals surface area contributed by atoms with E-state index in [1.165, 1.54) is 11.3 Å².